The molecule has 0 aliphatic heterocycles. The lowest BCUT2D eigenvalue weighted by molar-refractivity contribution is -0.140. The third-order valence-corrected chi connectivity index (χ3v) is 3.13. The molecule has 8 heteroatoms. The number of carboxylic acid groups (broad SMARTS) is 2. The molecule has 0 aliphatic carbocycles. The van der Waals surface area contributed by atoms with Crippen LogP contribution in [-0.2, 0) is 16.1 Å². The van der Waals surface area contributed by atoms with Crippen LogP contribution in [0.3, 0.4) is 0 Å². The molecule has 0 saturated heterocycles. The van der Waals surface area contributed by atoms with Crippen molar-refractivity contribution in [3.8, 4) is 0 Å². The standard InChI is InChI=1S/C11H14N2O5S/c14-9(15)4-3-8(10(16)17)13-11(18)12-6-7-2-1-5-19-7/h1-2,5,8H,3-4,6H2,(H,14,15)(H,16,17)(H2,12,13,18)/t8-/m0/s1. The number of nitrogens with one attached hydrogen (secondary N) is 2. The number of carbonyl (C=O) groups excluding carboxylic acids is 1. The van der Waals surface area contributed by atoms with Gasteiger partial charge in [0.2, 0.25) is 0 Å². The third kappa shape index (κ3) is 5.87. The van der Waals surface area contributed by atoms with Gasteiger partial charge in [0.15, 0.2) is 0 Å². The molecule has 1 heterocycles. The molecular formula is C11H14N2O5S. The van der Waals surface area contributed by atoms with Gasteiger partial charge >= 0.3 is 18.0 Å². The van der Waals surface area contributed by atoms with Gasteiger partial charge in [0.25, 0.3) is 0 Å². The molecule has 0 fully saturated rings. The molecule has 7 nitrogen and oxygen atoms in total. The summed E-state index contributed by atoms with van der Waals surface area (Å²) in [6.45, 7) is 0.300. The highest BCUT2D eigenvalue weighted by Crippen LogP contribution is 2.07. The normalized spacial score (nSPS) is 11.6. The van der Waals surface area contributed by atoms with Crippen LogP contribution in [-0.4, -0.2) is 34.2 Å². The first-order valence-corrected chi connectivity index (χ1v) is 6.38. The summed E-state index contributed by atoms with van der Waals surface area (Å²) in [6.07, 6.45) is -0.473. The van der Waals surface area contributed by atoms with E-state index in [9.17, 15) is 14.4 Å². The van der Waals surface area contributed by atoms with E-state index in [0.717, 1.165) is 4.88 Å². The van der Waals surface area contributed by atoms with Gasteiger partial charge in [-0.05, 0) is 17.9 Å². The smallest absolute Gasteiger partial charge is 0.326 e. The first-order valence-electron chi connectivity index (χ1n) is 5.50. The molecule has 0 radical (unpaired) electrons. The van der Waals surface area contributed by atoms with Gasteiger partial charge < -0.3 is 20.8 Å². The average molecular weight is 286 g/mol. The first kappa shape index (κ1) is 15.0. The number of hydrogen-bond acceptors (Lipinski definition) is 4. The number of thiophene rings is 1. The molecule has 0 bridgehead atoms. The van der Waals surface area contributed by atoms with Crippen molar-refractivity contribution in [2.24, 2.45) is 0 Å². The second-order valence-electron chi connectivity index (χ2n) is 3.73. The third-order valence-electron chi connectivity index (χ3n) is 2.25. The SMILES string of the molecule is O=C(O)CC[C@H](NC(=O)NCc1cccs1)C(=O)O. The molecule has 4 N–H and O–H groups in total. The summed E-state index contributed by atoms with van der Waals surface area (Å²) in [6, 6.07) is 1.84. The van der Waals surface area contributed by atoms with Gasteiger partial charge in [-0.2, -0.15) is 0 Å². The number of carboxylic acids is 2. The first-order chi connectivity index (χ1) is 8.99. The van der Waals surface area contributed by atoms with Gasteiger partial charge in [-0.25, -0.2) is 9.59 Å². The van der Waals surface area contributed by atoms with Crippen LogP contribution in [0, 0.1) is 0 Å². The Morgan fingerprint density at radius 1 is 1.32 bits per heavy atom. The summed E-state index contributed by atoms with van der Waals surface area (Å²) in [5, 5.41) is 23.9. The predicted octanol–water partition coefficient (Wildman–Crippen LogP) is 0.865. The maximum atomic E-state index is 11.5. The minimum atomic E-state index is -1.26. The maximum absolute atomic E-state index is 11.5. The van der Waals surface area contributed by atoms with Crippen LogP contribution in [0.5, 0.6) is 0 Å². The van der Waals surface area contributed by atoms with Gasteiger partial charge in [-0.1, -0.05) is 6.07 Å². The fraction of sp³-hybridized carbons (Fsp3) is 0.364. The predicted molar refractivity (Wildman–Crippen MR) is 68.0 cm³/mol. The molecule has 1 atom stereocenters. The van der Waals surface area contributed by atoms with Crippen LogP contribution in [0.25, 0.3) is 0 Å². The van der Waals surface area contributed by atoms with E-state index in [4.69, 9.17) is 10.2 Å². The fourth-order valence-corrected chi connectivity index (χ4v) is 1.96. The van der Waals surface area contributed by atoms with Crippen LogP contribution in [0.1, 0.15) is 17.7 Å². The zero-order valence-electron chi connectivity index (χ0n) is 9.96. The van der Waals surface area contributed by atoms with Crippen LogP contribution in [0.15, 0.2) is 17.5 Å². The Morgan fingerprint density at radius 2 is 2.05 bits per heavy atom. The van der Waals surface area contributed by atoms with E-state index in [-0.39, 0.29) is 12.8 Å². The minimum absolute atomic E-state index is 0.156. The summed E-state index contributed by atoms with van der Waals surface area (Å²) in [5.74, 6) is -2.36. The van der Waals surface area contributed by atoms with Crippen molar-refractivity contribution in [2.45, 2.75) is 25.4 Å². The van der Waals surface area contributed by atoms with E-state index < -0.39 is 24.0 Å². The lowest BCUT2D eigenvalue weighted by Gasteiger charge is -2.13. The number of carbonyl (C=O) groups is 3. The quantitative estimate of drug-likeness (QED) is 0.593. The minimum Gasteiger partial charge on any atom is -0.481 e. The number of amides is 2. The van der Waals surface area contributed by atoms with Gasteiger partial charge in [-0.15, -0.1) is 11.3 Å². The number of aliphatic carboxylic acids is 2. The lowest BCUT2D eigenvalue weighted by atomic mass is 10.1. The van der Waals surface area contributed by atoms with E-state index in [1.54, 1.807) is 0 Å². The summed E-state index contributed by atoms with van der Waals surface area (Å²) >= 11 is 1.47. The van der Waals surface area contributed by atoms with Gasteiger partial charge in [0.1, 0.15) is 6.04 Å². The average Bonchev–Trinajstić information content (AvgIpc) is 2.84. The second kappa shape index (κ2) is 7.37. The van der Waals surface area contributed by atoms with Crippen molar-refractivity contribution in [3.05, 3.63) is 22.4 Å². The zero-order valence-corrected chi connectivity index (χ0v) is 10.8. The largest absolute Gasteiger partial charge is 0.481 e. The van der Waals surface area contributed by atoms with Crippen molar-refractivity contribution in [3.63, 3.8) is 0 Å². The van der Waals surface area contributed by atoms with E-state index >= 15 is 0 Å². The Kier molecular flexibility index (Phi) is 5.80. The summed E-state index contributed by atoms with van der Waals surface area (Å²) in [5.41, 5.74) is 0. The Labute approximate surface area is 113 Å². The lowest BCUT2D eigenvalue weighted by Crippen LogP contribution is -2.45. The molecule has 19 heavy (non-hydrogen) atoms. The molecule has 0 unspecified atom stereocenters. The Bertz CT molecular complexity index is 446. The molecule has 1 aromatic rings. The zero-order chi connectivity index (χ0) is 14.3. The van der Waals surface area contributed by atoms with Crippen molar-refractivity contribution in [2.75, 3.05) is 0 Å². The highest BCUT2D eigenvalue weighted by atomic mass is 32.1. The molecule has 0 aromatic carbocycles. The molecule has 104 valence electrons. The van der Waals surface area contributed by atoms with Crippen molar-refractivity contribution in [1.29, 1.82) is 0 Å². The highest BCUT2D eigenvalue weighted by molar-refractivity contribution is 7.09. The molecule has 0 saturated carbocycles. The molecule has 0 aliphatic rings. The van der Waals surface area contributed by atoms with Gasteiger partial charge in [-0.3, -0.25) is 4.79 Å². The molecule has 1 rings (SSSR count). The summed E-state index contributed by atoms with van der Waals surface area (Å²) < 4.78 is 0. The maximum Gasteiger partial charge on any atom is 0.326 e. The number of urea groups is 1. The Hall–Kier alpha value is -2.09. The second-order valence-corrected chi connectivity index (χ2v) is 4.76. The number of rotatable bonds is 7. The van der Waals surface area contributed by atoms with Crippen molar-refractivity contribution >= 4 is 29.3 Å². The topological polar surface area (TPSA) is 116 Å². The van der Waals surface area contributed by atoms with Crippen molar-refractivity contribution in [1.82, 2.24) is 10.6 Å². The molecule has 1 aromatic heterocycles. The Balaban J connectivity index is 2.38. The van der Waals surface area contributed by atoms with Crippen LogP contribution < -0.4 is 10.6 Å². The summed E-state index contributed by atoms with van der Waals surface area (Å²) in [4.78, 5) is 33.6. The molecule has 2 amide bonds. The van der Waals surface area contributed by atoms with E-state index in [1.165, 1.54) is 11.3 Å². The fourth-order valence-electron chi connectivity index (χ4n) is 1.32. The van der Waals surface area contributed by atoms with Crippen LogP contribution in [0.4, 0.5) is 4.79 Å². The van der Waals surface area contributed by atoms with E-state index in [2.05, 4.69) is 10.6 Å². The van der Waals surface area contributed by atoms with Gasteiger partial charge in [0, 0.05) is 11.3 Å². The van der Waals surface area contributed by atoms with Crippen molar-refractivity contribution < 1.29 is 24.6 Å². The highest BCUT2D eigenvalue weighted by Gasteiger charge is 2.20. The summed E-state index contributed by atoms with van der Waals surface area (Å²) in [7, 11) is 0. The van der Waals surface area contributed by atoms with E-state index in [1.807, 2.05) is 17.5 Å². The Morgan fingerprint density at radius 3 is 2.58 bits per heavy atom. The monoisotopic (exact) mass is 286 g/mol. The number of hydrogen-bond donors (Lipinski definition) is 4. The van der Waals surface area contributed by atoms with Crippen LogP contribution in [0.2, 0.25) is 0 Å². The molecule has 0 spiro atoms. The van der Waals surface area contributed by atoms with Gasteiger partial charge in [0.05, 0.1) is 6.54 Å². The van der Waals surface area contributed by atoms with E-state index in [0.29, 0.717) is 6.54 Å². The molecular weight excluding hydrogens is 272 g/mol. The van der Waals surface area contributed by atoms with Crippen LogP contribution >= 0.6 is 11.3 Å².